The highest BCUT2D eigenvalue weighted by Gasteiger charge is 2.15. The quantitative estimate of drug-likeness (QED) is 0.703. The molecular formula is C11H10N4OS. The Morgan fingerprint density at radius 1 is 1.41 bits per heavy atom. The summed E-state index contributed by atoms with van der Waals surface area (Å²) in [5.74, 6) is 0.567. The average molecular weight is 246 g/mol. The van der Waals surface area contributed by atoms with E-state index in [0.29, 0.717) is 11.6 Å². The van der Waals surface area contributed by atoms with E-state index < -0.39 is 0 Å². The zero-order valence-electron chi connectivity index (χ0n) is 9.17. The normalized spacial score (nSPS) is 11.1. The van der Waals surface area contributed by atoms with E-state index in [0.717, 1.165) is 28.1 Å². The number of rotatable bonds is 2. The van der Waals surface area contributed by atoms with Crippen LogP contribution in [0.25, 0.3) is 21.9 Å². The number of nitrogen functional groups attached to an aromatic ring is 1. The van der Waals surface area contributed by atoms with Crippen molar-refractivity contribution in [1.29, 1.82) is 0 Å². The first kappa shape index (κ1) is 10.2. The lowest BCUT2D eigenvalue weighted by Crippen LogP contribution is -1.84. The molecule has 3 rings (SSSR count). The standard InChI is InChI=1S/C11H10N4OS/c1-2-7-10(17-15-14-7)11-13-8-5-6(12)3-4-9(8)16-11/h3-5H,2,12H2,1H3. The van der Waals surface area contributed by atoms with Crippen LogP contribution in [-0.4, -0.2) is 14.6 Å². The SMILES string of the molecule is CCc1nnsc1-c1nc2cc(N)ccc2o1. The van der Waals surface area contributed by atoms with Crippen molar-refractivity contribution in [3.05, 3.63) is 23.9 Å². The molecule has 2 heterocycles. The second kappa shape index (κ2) is 3.81. The van der Waals surface area contributed by atoms with Gasteiger partial charge in [0.25, 0.3) is 0 Å². The summed E-state index contributed by atoms with van der Waals surface area (Å²) in [4.78, 5) is 5.30. The van der Waals surface area contributed by atoms with Crippen LogP contribution in [0.2, 0.25) is 0 Å². The van der Waals surface area contributed by atoms with Gasteiger partial charge in [-0.3, -0.25) is 0 Å². The van der Waals surface area contributed by atoms with Gasteiger partial charge in [-0.15, -0.1) is 5.10 Å². The lowest BCUT2D eigenvalue weighted by molar-refractivity contribution is 0.620. The number of nitrogens with zero attached hydrogens (tertiary/aromatic N) is 3. The number of aryl methyl sites for hydroxylation is 1. The van der Waals surface area contributed by atoms with Crippen molar-refractivity contribution in [2.45, 2.75) is 13.3 Å². The van der Waals surface area contributed by atoms with Gasteiger partial charge in [-0.2, -0.15) is 0 Å². The van der Waals surface area contributed by atoms with E-state index in [9.17, 15) is 0 Å². The summed E-state index contributed by atoms with van der Waals surface area (Å²) in [5, 5.41) is 4.04. The predicted molar refractivity (Wildman–Crippen MR) is 66.7 cm³/mol. The number of anilines is 1. The van der Waals surface area contributed by atoms with Crippen LogP contribution in [0, 0.1) is 0 Å². The molecule has 6 heteroatoms. The molecule has 0 aliphatic carbocycles. The molecule has 86 valence electrons. The molecule has 5 nitrogen and oxygen atoms in total. The van der Waals surface area contributed by atoms with Crippen molar-refractivity contribution in [2.24, 2.45) is 0 Å². The third kappa shape index (κ3) is 1.66. The van der Waals surface area contributed by atoms with Gasteiger partial charge in [0.05, 0.1) is 5.69 Å². The zero-order chi connectivity index (χ0) is 11.8. The zero-order valence-corrected chi connectivity index (χ0v) is 9.99. The Kier molecular flexibility index (Phi) is 2.29. The minimum absolute atomic E-state index is 0.567. The second-order valence-electron chi connectivity index (χ2n) is 3.65. The fourth-order valence-corrected chi connectivity index (χ4v) is 2.32. The number of fused-ring (bicyclic) bond motifs is 1. The third-order valence-electron chi connectivity index (χ3n) is 2.50. The van der Waals surface area contributed by atoms with Gasteiger partial charge >= 0.3 is 0 Å². The number of hydrogen-bond acceptors (Lipinski definition) is 6. The van der Waals surface area contributed by atoms with Crippen molar-refractivity contribution in [3.63, 3.8) is 0 Å². The second-order valence-corrected chi connectivity index (χ2v) is 4.40. The minimum atomic E-state index is 0.567. The molecular weight excluding hydrogens is 236 g/mol. The number of nitrogens with two attached hydrogens (primary N) is 1. The number of aromatic nitrogens is 3. The lowest BCUT2D eigenvalue weighted by Gasteiger charge is -1.90. The average Bonchev–Trinajstić information content (AvgIpc) is 2.93. The molecule has 0 amide bonds. The molecule has 2 N–H and O–H groups in total. The van der Waals surface area contributed by atoms with Gasteiger partial charge in [-0.1, -0.05) is 11.4 Å². The summed E-state index contributed by atoms with van der Waals surface area (Å²) < 4.78 is 9.60. The lowest BCUT2D eigenvalue weighted by atomic mass is 10.3. The van der Waals surface area contributed by atoms with Crippen molar-refractivity contribution in [1.82, 2.24) is 14.6 Å². The number of hydrogen-bond donors (Lipinski definition) is 1. The maximum atomic E-state index is 5.70. The van der Waals surface area contributed by atoms with Gasteiger partial charge in [-0.05, 0) is 36.2 Å². The van der Waals surface area contributed by atoms with Crippen LogP contribution >= 0.6 is 11.5 Å². The van der Waals surface area contributed by atoms with Gasteiger partial charge in [-0.25, -0.2) is 4.98 Å². The van der Waals surface area contributed by atoms with Crippen molar-refractivity contribution < 1.29 is 4.42 Å². The summed E-state index contributed by atoms with van der Waals surface area (Å²) in [6, 6.07) is 5.41. The molecule has 0 atom stereocenters. The summed E-state index contributed by atoms with van der Waals surface area (Å²) in [7, 11) is 0. The first-order valence-electron chi connectivity index (χ1n) is 5.25. The molecule has 0 saturated carbocycles. The summed E-state index contributed by atoms with van der Waals surface area (Å²) >= 11 is 1.30. The van der Waals surface area contributed by atoms with Crippen LogP contribution in [0.5, 0.6) is 0 Å². The van der Waals surface area contributed by atoms with Gasteiger partial charge in [0.15, 0.2) is 5.58 Å². The Balaban J connectivity index is 2.18. The van der Waals surface area contributed by atoms with Crippen molar-refractivity contribution >= 4 is 28.3 Å². The first-order chi connectivity index (χ1) is 8.28. The Morgan fingerprint density at radius 2 is 2.29 bits per heavy atom. The predicted octanol–water partition coefficient (Wildman–Crippen LogP) is 2.49. The highest BCUT2D eigenvalue weighted by atomic mass is 32.1. The fourth-order valence-electron chi connectivity index (χ4n) is 1.64. The van der Waals surface area contributed by atoms with Crippen LogP contribution in [0.1, 0.15) is 12.6 Å². The minimum Gasteiger partial charge on any atom is -0.435 e. The molecule has 0 aliphatic rings. The summed E-state index contributed by atoms with van der Waals surface area (Å²) in [6.07, 6.45) is 0.812. The van der Waals surface area contributed by atoms with E-state index in [1.165, 1.54) is 11.5 Å². The highest BCUT2D eigenvalue weighted by molar-refractivity contribution is 7.09. The molecule has 3 aromatic rings. The molecule has 17 heavy (non-hydrogen) atoms. The molecule has 0 fully saturated rings. The molecule has 0 bridgehead atoms. The summed E-state index contributed by atoms with van der Waals surface area (Å²) in [6.45, 7) is 2.03. The monoisotopic (exact) mass is 246 g/mol. The number of benzene rings is 1. The van der Waals surface area contributed by atoms with Gasteiger partial charge in [0.1, 0.15) is 10.4 Å². The third-order valence-corrected chi connectivity index (χ3v) is 3.25. The Morgan fingerprint density at radius 3 is 3.12 bits per heavy atom. The van der Waals surface area contributed by atoms with Crippen LogP contribution in [0.15, 0.2) is 22.6 Å². The van der Waals surface area contributed by atoms with Gasteiger partial charge in [0.2, 0.25) is 5.89 Å². The largest absolute Gasteiger partial charge is 0.435 e. The van der Waals surface area contributed by atoms with Crippen LogP contribution in [-0.2, 0) is 6.42 Å². The van der Waals surface area contributed by atoms with E-state index in [1.807, 2.05) is 13.0 Å². The maximum Gasteiger partial charge on any atom is 0.241 e. The maximum absolute atomic E-state index is 5.70. The Bertz CT molecular complexity index is 673. The Hall–Kier alpha value is -1.95. The van der Waals surface area contributed by atoms with E-state index in [4.69, 9.17) is 10.2 Å². The van der Waals surface area contributed by atoms with E-state index >= 15 is 0 Å². The van der Waals surface area contributed by atoms with Gasteiger partial charge in [0, 0.05) is 5.69 Å². The fraction of sp³-hybridized carbons (Fsp3) is 0.182. The Labute approximate surface area is 101 Å². The van der Waals surface area contributed by atoms with Crippen LogP contribution in [0.3, 0.4) is 0 Å². The molecule has 0 aliphatic heterocycles. The van der Waals surface area contributed by atoms with E-state index in [-0.39, 0.29) is 0 Å². The molecule has 0 unspecified atom stereocenters. The van der Waals surface area contributed by atoms with Crippen LogP contribution < -0.4 is 5.73 Å². The van der Waals surface area contributed by atoms with Crippen molar-refractivity contribution in [3.8, 4) is 10.8 Å². The van der Waals surface area contributed by atoms with E-state index in [1.54, 1.807) is 12.1 Å². The van der Waals surface area contributed by atoms with Crippen LogP contribution in [0.4, 0.5) is 5.69 Å². The smallest absolute Gasteiger partial charge is 0.241 e. The molecule has 0 spiro atoms. The highest BCUT2D eigenvalue weighted by Crippen LogP contribution is 2.29. The molecule has 0 radical (unpaired) electrons. The molecule has 0 saturated heterocycles. The van der Waals surface area contributed by atoms with Crippen molar-refractivity contribution in [2.75, 3.05) is 5.73 Å². The van der Waals surface area contributed by atoms with E-state index in [2.05, 4.69) is 14.6 Å². The summed E-state index contributed by atoms with van der Waals surface area (Å²) in [5.41, 5.74) is 8.78. The number of oxazole rings is 1. The van der Waals surface area contributed by atoms with Gasteiger partial charge < -0.3 is 10.2 Å². The molecule has 1 aromatic carbocycles. The first-order valence-corrected chi connectivity index (χ1v) is 6.03. The topological polar surface area (TPSA) is 77.8 Å². The molecule has 2 aromatic heterocycles.